The summed E-state index contributed by atoms with van der Waals surface area (Å²) >= 11 is 0. The molecule has 0 amide bonds. The lowest BCUT2D eigenvalue weighted by atomic mass is 9.52. The van der Waals surface area contributed by atoms with Gasteiger partial charge in [0.05, 0.1) is 24.5 Å². The van der Waals surface area contributed by atoms with Gasteiger partial charge in [0.2, 0.25) is 0 Å². The quantitative estimate of drug-likeness (QED) is 0.737. The van der Waals surface area contributed by atoms with Crippen molar-refractivity contribution in [3.8, 4) is 0 Å². The minimum Gasteiger partial charge on any atom is -0.469 e. The average molecular weight is 348 g/mol. The van der Waals surface area contributed by atoms with Crippen LogP contribution in [0, 0.1) is 22.7 Å². The highest BCUT2D eigenvalue weighted by Gasteiger charge is 2.56. The van der Waals surface area contributed by atoms with Gasteiger partial charge in [-0.2, -0.15) is 0 Å². The van der Waals surface area contributed by atoms with Gasteiger partial charge in [0.15, 0.2) is 5.78 Å². The fourth-order valence-corrected chi connectivity index (χ4v) is 5.52. The number of carbonyl (C=O) groups excluding carboxylic acids is 3. The number of aliphatic hydroxyl groups excluding tert-OH is 1. The zero-order valence-electron chi connectivity index (χ0n) is 15.3. The van der Waals surface area contributed by atoms with E-state index in [1.807, 2.05) is 13.8 Å². The van der Waals surface area contributed by atoms with E-state index >= 15 is 0 Å². The van der Waals surface area contributed by atoms with Crippen LogP contribution in [0.5, 0.6) is 0 Å². The molecule has 25 heavy (non-hydrogen) atoms. The second kappa shape index (κ2) is 6.35. The van der Waals surface area contributed by atoms with Crippen LogP contribution in [0.4, 0.5) is 0 Å². The van der Waals surface area contributed by atoms with Crippen molar-refractivity contribution in [2.24, 2.45) is 22.7 Å². The second-order valence-corrected chi connectivity index (χ2v) is 8.41. The predicted octanol–water partition coefficient (Wildman–Crippen LogP) is 2.60. The van der Waals surface area contributed by atoms with Crippen LogP contribution in [0.3, 0.4) is 0 Å². The Labute approximate surface area is 148 Å². The van der Waals surface area contributed by atoms with E-state index in [-0.39, 0.29) is 29.9 Å². The fraction of sp³-hybridized carbons (Fsp3) is 0.750. The molecule has 3 aliphatic carbocycles. The van der Waals surface area contributed by atoms with Crippen LogP contribution < -0.4 is 0 Å². The molecule has 2 bridgehead atoms. The maximum Gasteiger partial charge on any atom is 0.311 e. The third-order valence-corrected chi connectivity index (χ3v) is 7.08. The lowest BCUT2D eigenvalue weighted by molar-refractivity contribution is -0.166. The van der Waals surface area contributed by atoms with Gasteiger partial charge in [-0.3, -0.25) is 14.4 Å². The molecule has 0 heterocycles. The van der Waals surface area contributed by atoms with Crippen molar-refractivity contribution in [3.63, 3.8) is 0 Å². The normalized spacial score (nSPS) is 41.8. The van der Waals surface area contributed by atoms with Gasteiger partial charge in [-0.15, -0.1) is 0 Å². The maximum atomic E-state index is 13.1. The fourth-order valence-electron chi connectivity index (χ4n) is 5.52. The van der Waals surface area contributed by atoms with E-state index < -0.39 is 22.9 Å². The zero-order valence-corrected chi connectivity index (χ0v) is 15.3. The van der Waals surface area contributed by atoms with E-state index in [2.05, 4.69) is 0 Å². The minimum absolute atomic E-state index is 0.0685. The van der Waals surface area contributed by atoms with Crippen molar-refractivity contribution in [2.75, 3.05) is 7.11 Å². The van der Waals surface area contributed by atoms with Crippen molar-refractivity contribution in [3.05, 3.63) is 11.6 Å². The van der Waals surface area contributed by atoms with E-state index in [0.29, 0.717) is 25.7 Å². The smallest absolute Gasteiger partial charge is 0.311 e. The van der Waals surface area contributed by atoms with E-state index in [0.717, 1.165) is 18.4 Å². The number of hydrogen-bond acceptors (Lipinski definition) is 5. The number of Topliss-reactive ketones (excluding diaryl/α,β-unsaturated/α-hetero) is 1. The van der Waals surface area contributed by atoms with Gasteiger partial charge in [0, 0.05) is 11.8 Å². The Kier molecular flexibility index (Phi) is 4.65. The highest BCUT2D eigenvalue weighted by atomic mass is 16.5. The average Bonchev–Trinajstić information content (AvgIpc) is 2.83. The Bertz CT molecular complexity index is 636. The number of ether oxygens (including phenoxy) is 1. The standard InChI is InChI=1S/C20H28O5/c1-19-9-4-10-20(2,18(24)25-3)15(19)7-5-12-11-14(21)13(17(12)23)6-8-16(19)22/h11,13,15,17,23H,4-10H2,1-3H3/t13-,15-,17+,19+,20+/m0/s1. The highest BCUT2D eigenvalue weighted by molar-refractivity contribution is 5.97. The summed E-state index contributed by atoms with van der Waals surface area (Å²) < 4.78 is 5.08. The Morgan fingerprint density at radius 1 is 1.20 bits per heavy atom. The molecule has 5 atom stereocenters. The molecule has 1 N–H and O–H groups in total. The number of rotatable bonds is 1. The van der Waals surface area contributed by atoms with E-state index in [9.17, 15) is 19.5 Å². The van der Waals surface area contributed by atoms with Gasteiger partial charge >= 0.3 is 5.97 Å². The Morgan fingerprint density at radius 2 is 1.92 bits per heavy atom. The van der Waals surface area contributed by atoms with Crippen molar-refractivity contribution in [2.45, 2.75) is 64.9 Å². The molecule has 0 unspecified atom stereocenters. The number of ketones is 2. The second-order valence-electron chi connectivity index (χ2n) is 8.41. The number of methoxy groups -OCH3 is 1. The molecule has 3 aliphatic rings. The Morgan fingerprint density at radius 3 is 2.60 bits per heavy atom. The van der Waals surface area contributed by atoms with Crippen LogP contribution in [-0.4, -0.2) is 35.9 Å². The number of fused-ring (bicyclic) bond motifs is 3. The third-order valence-electron chi connectivity index (χ3n) is 7.08. The molecule has 5 nitrogen and oxygen atoms in total. The monoisotopic (exact) mass is 348 g/mol. The number of carbonyl (C=O) groups is 3. The van der Waals surface area contributed by atoms with Gasteiger partial charge in [0.25, 0.3) is 0 Å². The molecule has 0 aromatic heterocycles. The summed E-state index contributed by atoms with van der Waals surface area (Å²) in [5.41, 5.74) is -0.527. The molecule has 2 fully saturated rings. The summed E-state index contributed by atoms with van der Waals surface area (Å²) in [4.78, 5) is 37.8. The topological polar surface area (TPSA) is 80.7 Å². The summed E-state index contributed by atoms with van der Waals surface area (Å²) in [6, 6.07) is 0. The first-order chi connectivity index (χ1) is 11.7. The zero-order chi connectivity index (χ0) is 18.4. The largest absolute Gasteiger partial charge is 0.469 e. The van der Waals surface area contributed by atoms with Crippen LogP contribution in [0.1, 0.15) is 58.8 Å². The summed E-state index contributed by atoms with van der Waals surface area (Å²) in [6.45, 7) is 3.89. The van der Waals surface area contributed by atoms with Gasteiger partial charge in [-0.1, -0.05) is 13.3 Å². The lowest BCUT2D eigenvalue weighted by Crippen LogP contribution is -2.52. The molecule has 0 aromatic carbocycles. The van der Waals surface area contributed by atoms with E-state index in [1.54, 1.807) is 6.08 Å². The molecule has 5 heteroatoms. The van der Waals surface area contributed by atoms with Gasteiger partial charge in [-0.05, 0) is 56.6 Å². The highest BCUT2D eigenvalue weighted by Crippen LogP contribution is 2.55. The predicted molar refractivity (Wildman–Crippen MR) is 91.6 cm³/mol. The molecule has 3 rings (SSSR count). The Hall–Kier alpha value is -1.49. The molecule has 0 radical (unpaired) electrons. The summed E-state index contributed by atoms with van der Waals surface area (Å²) in [7, 11) is 1.40. The molecule has 0 spiro atoms. The van der Waals surface area contributed by atoms with Crippen LogP contribution >= 0.6 is 0 Å². The lowest BCUT2D eigenvalue weighted by Gasteiger charge is -2.50. The molecule has 2 saturated carbocycles. The third kappa shape index (κ3) is 2.77. The molecule has 138 valence electrons. The van der Waals surface area contributed by atoms with Crippen molar-refractivity contribution >= 4 is 17.5 Å². The summed E-state index contributed by atoms with van der Waals surface area (Å²) in [5.74, 6) is -0.837. The number of aliphatic hydroxyl groups is 1. The number of allylic oxidation sites excluding steroid dienone is 1. The minimum atomic E-state index is -0.780. The van der Waals surface area contributed by atoms with E-state index in [1.165, 1.54) is 7.11 Å². The summed E-state index contributed by atoms with van der Waals surface area (Å²) in [5, 5.41) is 10.4. The van der Waals surface area contributed by atoms with Crippen LogP contribution in [0.2, 0.25) is 0 Å². The van der Waals surface area contributed by atoms with Crippen molar-refractivity contribution in [1.82, 2.24) is 0 Å². The van der Waals surface area contributed by atoms with Crippen LogP contribution in [-0.2, 0) is 19.1 Å². The van der Waals surface area contributed by atoms with Gasteiger partial charge < -0.3 is 9.84 Å². The molecular weight excluding hydrogens is 320 g/mol. The SMILES string of the molecule is COC(=O)[C@]1(C)CCC[C@@]2(C)C(=O)CC[C@H]3C(=O)C=C(CC[C@@H]21)[C@H]3O. The van der Waals surface area contributed by atoms with Gasteiger partial charge in [-0.25, -0.2) is 0 Å². The van der Waals surface area contributed by atoms with Crippen molar-refractivity contribution in [1.29, 1.82) is 0 Å². The van der Waals surface area contributed by atoms with Gasteiger partial charge in [0.1, 0.15) is 5.78 Å². The molecular formula is C20H28O5. The summed E-state index contributed by atoms with van der Waals surface area (Å²) in [6.07, 6.45) is 4.88. The molecule has 0 aromatic rings. The first-order valence-electron chi connectivity index (χ1n) is 9.28. The van der Waals surface area contributed by atoms with Crippen molar-refractivity contribution < 1.29 is 24.2 Å². The number of hydrogen-bond donors (Lipinski definition) is 1. The first-order valence-corrected chi connectivity index (χ1v) is 9.28. The van der Waals surface area contributed by atoms with Crippen LogP contribution in [0.25, 0.3) is 0 Å². The van der Waals surface area contributed by atoms with E-state index in [4.69, 9.17) is 4.74 Å². The first kappa shape index (κ1) is 18.3. The maximum absolute atomic E-state index is 13.1. The van der Waals surface area contributed by atoms with Crippen LogP contribution in [0.15, 0.2) is 11.6 Å². The number of esters is 1. The molecule has 0 aliphatic heterocycles. The molecule has 0 saturated heterocycles. The Balaban J connectivity index is 2.00.